The van der Waals surface area contributed by atoms with Crippen molar-refractivity contribution >= 4 is 44.7 Å². The van der Waals surface area contributed by atoms with Crippen molar-refractivity contribution in [1.29, 1.82) is 0 Å². The van der Waals surface area contributed by atoms with Gasteiger partial charge in [0.05, 0.1) is 37.6 Å². The molecule has 16 heteroatoms. The van der Waals surface area contributed by atoms with E-state index in [1.807, 2.05) is 32.9 Å². The van der Waals surface area contributed by atoms with E-state index in [-0.39, 0.29) is 37.3 Å². The predicted octanol–water partition coefficient (Wildman–Crippen LogP) is 4.70. The number of aromatic nitrogens is 1. The summed E-state index contributed by atoms with van der Waals surface area (Å²) in [5, 5.41) is 5.83. The quantitative estimate of drug-likeness (QED) is 0.282. The molecule has 3 saturated carbocycles. The van der Waals surface area contributed by atoms with Gasteiger partial charge in [0.1, 0.15) is 35.2 Å². The van der Waals surface area contributed by atoms with E-state index in [4.69, 9.17) is 23.9 Å². The van der Waals surface area contributed by atoms with E-state index >= 15 is 0 Å². The zero-order chi connectivity index (χ0) is 41.4. The molecule has 3 N–H and O–H groups in total. The molecule has 1 aromatic carbocycles. The number of benzene rings is 1. The molecule has 4 amide bonds. The number of amides is 4. The van der Waals surface area contributed by atoms with E-state index in [2.05, 4.69) is 21.9 Å². The third kappa shape index (κ3) is 8.86. The van der Waals surface area contributed by atoms with Gasteiger partial charge < -0.3 is 34.5 Å². The molecule has 7 rings (SSSR count). The lowest BCUT2D eigenvalue weighted by Crippen LogP contribution is -2.59. The number of alkyl carbamates (subject to hydrolysis) is 1. The molecule has 1 saturated heterocycles. The molecule has 5 atom stereocenters. The van der Waals surface area contributed by atoms with Crippen molar-refractivity contribution in [1.82, 2.24) is 25.2 Å². The lowest BCUT2D eigenvalue weighted by molar-refractivity contribution is -0.142. The summed E-state index contributed by atoms with van der Waals surface area (Å²) >= 11 is 0. The highest BCUT2D eigenvalue weighted by Gasteiger charge is 2.62. The molecule has 0 radical (unpaired) electrons. The molecule has 0 spiro atoms. The molecule has 4 fully saturated rings. The molecular weight excluding hydrogens is 767 g/mol. The fraction of sp³-hybridized carbons (Fsp3) is 0.643. The summed E-state index contributed by atoms with van der Waals surface area (Å²) in [7, 11) is -2.30. The fourth-order valence-electron chi connectivity index (χ4n) is 8.81. The van der Waals surface area contributed by atoms with E-state index in [1.54, 1.807) is 13.2 Å². The van der Waals surface area contributed by atoms with Crippen LogP contribution in [0.25, 0.3) is 10.9 Å². The van der Waals surface area contributed by atoms with Crippen molar-refractivity contribution in [3.8, 4) is 17.4 Å². The van der Waals surface area contributed by atoms with Gasteiger partial charge in [0.25, 0.3) is 5.91 Å². The zero-order valence-corrected chi connectivity index (χ0v) is 34.8. The molecular formula is C42H57N5O10S. The third-order valence-electron chi connectivity index (χ3n) is 12.4. The summed E-state index contributed by atoms with van der Waals surface area (Å²) in [5.74, 6) is -1.19. The molecule has 15 nitrogen and oxygen atoms in total. The second-order valence-electron chi connectivity index (χ2n) is 17.4. The maximum absolute atomic E-state index is 14.9. The number of rotatable bonds is 10. The summed E-state index contributed by atoms with van der Waals surface area (Å²) in [6.45, 7) is 10.2. The van der Waals surface area contributed by atoms with Crippen molar-refractivity contribution in [2.75, 3.05) is 26.9 Å². The minimum atomic E-state index is -3.91. The maximum Gasteiger partial charge on any atom is 0.407 e. The number of aryl methyl sites for hydroxylation is 1. The Morgan fingerprint density at radius 2 is 1.86 bits per heavy atom. The van der Waals surface area contributed by atoms with Crippen LogP contribution >= 0.6 is 0 Å². The van der Waals surface area contributed by atoms with Crippen molar-refractivity contribution in [2.45, 2.75) is 127 Å². The SMILES string of the molecule is C=C[C@H]1C[C@]1(NC(=O)[C@@H]1C[C@@H]2CN1C(=O)[C@H](C1CCCCC1)NC(=O)OCC(C)(C)CCCc1cc3c(cc(OCC)nc3cc1OC)O2)C(=O)NS(=O)(=O)C1CC1. The van der Waals surface area contributed by atoms with Crippen molar-refractivity contribution < 1.29 is 46.5 Å². The van der Waals surface area contributed by atoms with E-state index < -0.39 is 68.7 Å². The fourth-order valence-corrected chi connectivity index (χ4v) is 10.2. The average Bonchev–Trinajstić information content (AvgIpc) is 4.12. The van der Waals surface area contributed by atoms with Crippen LogP contribution in [0, 0.1) is 17.3 Å². The molecule has 316 valence electrons. The number of sulfonamides is 1. The number of ether oxygens (including phenoxy) is 4. The van der Waals surface area contributed by atoms with E-state index in [9.17, 15) is 27.6 Å². The number of nitrogens with one attached hydrogen (secondary N) is 3. The molecule has 1 aromatic heterocycles. The van der Waals surface area contributed by atoms with Crippen LogP contribution < -0.4 is 29.6 Å². The Kier molecular flexibility index (Phi) is 11.9. The number of carbonyl (C=O) groups is 4. The van der Waals surface area contributed by atoms with Gasteiger partial charge in [-0.3, -0.25) is 19.1 Å². The number of pyridine rings is 1. The summed E-state index contributed by atoms with van der Waals surface area (Å²) < 4.78 is 52.0. The van der Waals surface area contributed by atoms with Crippen LogP contribution in [0.3, 0.4) is 0 Å². The molecule has 5 aliphatic rings. The first kappa shape index (κ1) is 41.6. The summed E-state index contributed by atoms with van der Waals surface area (Å²) in [5.41, 5.74) is -0.410. The number of carbonyl (C=O) groups excluding carboxylic acids is 4. The standard InChI is InChI=1S/C42H57N5O10S/c1-6-27-22-42(27,39(50)46-58(52,53)29-15-16-29)45-37(48)32-19-28-23-47(32)38(49)36(25-12-9-8-10-13-25)44-40(51)56-24-41(3,4)17-11-14-26-18-30-31(20-33(26)54-5)43-35(55-7-2)21-34(30)57-28/h6,18,20-21,25,27-29,32,36H,1,7-17,19,22-24H2,2-5H3,(H,44,51)(H,45,48)(H,46,50)/t27-,28+,32-,36-,42+/m0/s1. The summed E-state index contributed by atoms with van der Waals surface area (Å²) in [6.07, 6.45) is 7.62. The van der Waals surface area contributed by atoms with Gasteiger partial charge in [-0.25, -0.2) is 18.2 Å². The van der Waals surface area contributed by atoms with Gasteiger partial charge in [-0.05, 0) is 81.3 Å². The lowest BCUT2D eigenvalue weighted by atomic mass is 9.83. The molecule has 0 unspecified atom stereocenters. The highest BCUT2D eigenvalue weighted by atomic mass is 32.2. The monoisotopic (exact) mass is 823 g/mol. The number of fused-ring (bicyclic) bond motifs is 3. The van der Waals surface area contributed by atoms with E-state index in [1.165, 1.54) is 11.0 Å². The Hall–Kier alpha value is -4.60. The molecule has 2 aliphatic heterocycles. The maximum atomic E-state index is 14.9. The van der Waals surface area contributed by atoms with Gasteiger partial charge in [0.2, 0.25) is 27.7 Å². The Morgan fingerprint density at radius 1 is 1.10 bits per heavy atom. The number of methoxy groups -OCH3 is 1. The number of cyclic esters (lactones) is 1. The van der Waals surface area contributed by atoms with Gasteiger partial charge in [-0.15, -0.1) is 6.58 Å². The minimum absolute atomic E-state index is 0.0131. The van der Waals surface area contributed by atoms with Gasteiger partial charge in [0.15, 0.2) is 0 Å². The summed E-state index contributed by atoms with van der Waals surface area (Å²) in [4.78, 5) is 62.8. The van der Waals surface area contributed by atoms with Crippen LogP contribution in [0.2, 0.25) is 0 Å². The normalized spacial score (nSPS) is 28.0. The Morgan fingerprint density at radius 3 is 2.53 bits per heavy atom. The van der Waals surface area contributed by atoms with Crippen LogP contribution in [-0.4, -0.2) is 98.0 Å². The first-order chi connectivity index (χ1) is 27.7. The number of hydrogen-bond acceptors (Lipinski definition) is 11. The van der Waals surface area contributed by atoms with Gasteiger partial charge in [0, 0.05) is 29.9 Å². The van der Waals surface area contributed by atoms with Gasteiger partial charge in [-0.1, -0.05) is 39.2 Å². The van der Waals surface area contributed by atoms with E-state index in [0.717, 1.165) is 37.7 Å². The smallest absolute Gasteiger partial charge is 0.407 e. The first-order valence-corrected chi connectivity index (χ1v) is 22.3. The van der Waals surface area contributed by atoms with Crippen LogP contribution in [0.15, 0.2) is 30.9 Å². The minimum Gasteiger partial charge on any atom is -0.496 e. The molecule has 58 heavy (non-hydrogen) atoms. The summed E-state index contributed by atoms with van der Waals surface area (Å²) in [6, 6.07) is 3.45. The predicted molar refractivity (Wildman–Crippen MR) is 215 cm³/mol. The Labute approximate surface area is 340 Å². The van der Waals surface area contributed by atoms with Crippen molar-refractivity contribution in [3.63, 3.8) is 0 Å². The second-order valence-corrected chi connectivity index (χ2v) is 19.3. The molecule has 4 bridgehead atoms. The largest absolute Gasteiger partial charge is 0.496 e. The van der Waals surface area contributed by atoms with Crippen LogP contribution in [-0.2, 0) is 35.6 Å². The van der Waals surface area contributed by atoms with Gasteiger partial charge in [-0.2, -0.15) is 0 Å². The number of hydrogen-bond donors (Lipinski definition) is 3. The molecule has 3 heterocycles. The number of nitrogens with zero attached hydrogens (tertiary/aromatic N) is 2. The lowest BCUT2D eigenvalue weighted by Gasteiger charge is -2.35. The van der Waals surface area contributed by atoms with Crippen LogP contribution in [0.4, 0.5) is 4.79 Å². The first-order valence-electron chi connectivity index (χ1n) is 20.7. The van der Waals surface area contributed by atoms with Crippen LogP contribution in [0.1, 0.15) is 97.0 Å². The molecule has 2 aromatic rings. The second kappa shape index (κ2) is 16.6. The topological polar surface area (TPSA) is 192 Å². The van der Waals surface area contributed by atoms with E-state index in [0.29, 0.717) is 67.0 Å². The van der Waals surface area contributed by atoms with Crippen molar-refractivity contribution in [3.05, 3.63) is 36.4 Å². The molecule has 3 aliphatic carbocycles. The third-order valence-corrected chi connectivity index (χ3v) is 14.2. The van der Waals surface area contributed by atoms with Crippen LogP contribution in [0.5, 0.6) is 17.4 Å². The Bertz CT molecular complexity index is 2050. The average molecular weight is 824 g/mol. The zero-order valence-electron chi connectivity index (χ0n) is 34.0. The highest BCUT2D eigenvalue weighted by molar-refractivity contribution is 7.91. The Balaban J connectivity index is 1.27. The highest BCUT2D eigenvalue weighted by Crippen LogP contribution is 2.46. The van der Waals surface area contributed by atoms with Crippen molar-refractivity contribution in [2.24, 2.45) is 17.3 Å². The van der Waals surface area contributed by atoms with Gasteiger partial charge >= 0.3 is 6.09 Å².